The van der Waals surface area contributed by atoms with Crippen molar-refractivity contribution in [2.24, 2.45) is 0 Å². The molecule has 0 fully saturated rings. The lowest BCUT2D eigenvalue weighted by Gasteiger charge is -2.14. The number of halogens is 1. The summed E-state index contributed by atoms with van der Waals surface area (Å²) in [5, 5.41) is 12.2. The standard InChI is InChI=1S/C18H16ClNO/c1-12-10-14(19)7-9-16(12)18(21)11-15-8-6-13-4-2-3-5-17(13)20-15/h2-10,18,21H,11H2,1H3. The van der Waals surface area contributed by atoms with Gasteiger partial charge in [-0.25, -0.2) is 0 Å². The number of para-hydroxylation sites is 1. The molecular weight excluding hydrogens is 282 g/mol. The first-order valence-electron chi connectivity index (χ1n) is 6.92. The Labute approximate surface area is 129 Å². The second kappa shape index (κ2) is 5.84. The maximum atomic E-state index is 10.4. The van der Waals surface area contributed by atoms with Gasteiger partial charge in [-0.1, -0.05) is 41.9 Å². The minimum Gasteiger partial charge on any atom is -0.388 e. The molecule has 1 N–H and O–H groups in total. The zero-order valence-electron chi connectivity index (χ0n) is 11.8. The highest BCUT2D eigenvalue weighted by atomic mass is 35.5. The van der Waals surface area contributed by atoms with E-state index >= 15 is 0 Å². The smallest absolute Gasteiger partial charge is 0.0848 e. The summed E-state index contributed by atoms with van der Waals surface area (Å²) < 4.78 is 0. The third-order valence-corrected chi connectivity index (χ3v) is 3.88. The monoisotopic (exact) mass is 297 g/mol. The number of hydrogen-bond acceptors (Lipinski definition) is 2. The van der Waals surface area contributed by atoms with E-state index in [4.69, 9.17) is 11.6 Å². The molecule has 0 saturated carbocycles. The minimum atomic E-state index is -0.573. The van der Waals surface area contributed by atoms with E-state index in [2.05, 4.69) is 4.98 Å². The number of aromatic nitrogens is 1. The molecule has 2 nitrogen and oxygen atoms in total. The normalized spacial score (nSPS) is 12.5. The van der Waals surface area contributed by atoms with Gasteiger partial charge in [0.2, 0.25) is 0 Å². The molecule has 1 atom stereocenters. The summed E-state index contributed by atoms with van der Waals surface area (Å²) in [7, 11) is 0. The highest BCUT2D eigenvalue weighted by molar-refractivity contribution is 6.30. The van der Waals surface area contributed by atoms with Crippen LogP contribution in [0.2, 0.25) is 5.02 Å². The number of aliphatic hydroxyl groups excluding tert-OH is 1. The van der Waals surface area contributed by atoms with Crippen LogP contribution in [0.25, 0.3) is 10.9 Å². The van der Waals surface area contributed by atoms with Gasteiger partial charge in [-0.05, 0) is 42.3 Å². The molecule has 21 heavy (non-hydrogen) atoms. The van der Waals surface area contributed by atoms with Crippen molar-refractivity contribution in [3.63, 3.8) is 0 Å². The predicted molar refractivity (Wildman–Crippen MR) is 86.6 cm³/mol. The van der Waals surface area contributed by atoms with E-state index in [0.717, 1.165) is 27.7 Å². The van der Waals surface area contributed by atoms with Crippen LogP contribution in [0.4, 0.5) is 0 Å². The van der Waals surface area contributed by atoms with Crippen LogP contribution in [0, 0.1) is 6.92 Å². The van der Waals surface area contributed by atoms with Crippen molar-refractivity contribution in [1.29, 1.82) is 0 Å². The quantitative estimate of drug-likeness (QED) is 0.773. The largest absolute Gasteiger partial charge is 0.388 e. The predicted octanol–water partition coefficient (Wildman–Crippen LogP) is 4.47. The number of aliphatic hydroxyl groups is 1. The molecule has 0 bridgehead atoms. The first-order chi connectivity index (χ1) is 10.1. The number of aryl methyl sites for hydroxylation is 1. The van der Waals surface area contributed by atoms with Crippen molar-refractivity contribution in [1.82, 2.24) is 4.98 Å². The van der Waals surface area contributed by atoms with Gasteiger partial charge in [-0.3, -0.25) is 4.98 Å². The number of rotatable bonds is 3. The first kappa shape index (κ1) is 14.1. The molecule has 0 aliphatic carbocycles. The Bertz CT molecular complexity index is 785. The number of nitrogens with zero attached hydrogens (tertiary/aromatic N) is 1. The van der Waals surface area contributed by atoms with Gasteiger partial charge < -0.3 is 5.11 Å². The lowest BCUT2D eigenvalue weighted by molar-refractivity contribution is 0.176. The van der Waals surface area contributed by atoms with E-state index in [1.54, 1.807) is 6.07 Å². The Morgan fingerprint density at radius 3 is 2.71 bits per heavy atom. The molecule has 106 valence electrons. The van der Waals surface area contributed by atoms with E-state index in [1.807, 2.05) is 55.5 Å². The Morgan fingerprint density at radius 2 is 1.90 bits per heavy atom. The van der Waals surface area contributed by atoms with Gasteiger partial charge in [0.05, 0.1) is 11.6 Å². The van der Waals surface area contributed by atoms with Crippen LogP contribution in [-0.2, 0) is 6.42 Å². The fourth-order valence-electron chi connectivity index (χ4n) is 2.54. The van der Waals surface area contributed by atoms with Crippen molar-refractivity contribution in [3.8, 4) is 0 Å². The van der Waals surface area contributed by atoms with E-state index in [1.165, 1.54) is 0 Å². The maximum absolute atomic E-state index is 10.4. The summed E-state index contributed by atoms with van der Waals surface area (Å²) in [6, 6.07) is 17.5. The van der Waals surface area contributed by atoms with Gasteiger partial charge in [0.15, 0.2) is 0 Å². The van der Waals surface area contributed by atoms with E-state index in [0.29, 0.717) is 11.4 Å². The Morgan fingerprint density at radius 1 is 1.10 bits per heavy atom. The summed E-state index contributed by atoms with van der Waals surface area (Å²) in [5.74, 6) is 0. The average molecular weight is 298 g/mol. The Kier molecular flexibility index (Phi) is 3.91. The molecule has 1 heterocycles. The van der Waals surface area contributed by atoms with Gasteiger partial charge in [-0.15, -0.1) is 0 Å². The molecule has 2 aromatic carbocycles. The van der Waals surface area contributed by atoms with Crippen molar-refractivity contribution in [2.75, 3.05) is 0 Å². The number of pyridine rings is 1. The van der Waals surface area contributed by atoms with Crippen LogP contribution in [0.5, 0.6) is 0 Å². The van der Waals surface area contributed by atoms with Gasteiger partial charge in [0, 0.05) is 22.5 Å². The second-order valence-electron chi connectivity index (χ2n) is 5.22. The van der Waals surface area contributed by atoms with Gasteiger partial charge >= 0.3 is 0 Å². The zero-order valence-corrected chi connectivity index (χ0v) is 12.5. The topological polar surface area (TPSA) is 33.1 Å². The fourth-order valence-corrected chi connectivity index (χ4v) is 2.77. The molecule has 0 aliphatic rings. The van der Waals surface area contributed by atoms with Crippen LogP contribution in [0.3, 0.4) is 0 Å². The zero-order chi connectivity index (χ0) is 14.8. The summed E-state index contributed by atoms with van der Waals surface area (Å²) >= 11 is 5.95. The third kappa shape index (κ3) is 3.07. The van der Waals surface area contributed by atoms with Gasteiger partial charge in [-0.2, -0.15) is 0 Å². The Balaban J connectivity index is 1.87. The van der Waals surface area contributed by atoms with Crippen LogP contribution in [-0.4, -0.2) is 10.1 Å². The average Bonchev–Trinajstić information content (AvgIpc) is 2.47. The Hall–Kier alpha value is -1.90. The molecule has 0 radical (unpaired) electrons. The molecule has 3 rings (SSSR count). The maximum Gasteiger partial charge on any atom is 0.0848 e. The van der Waals surface area contributed by atoms with Crippen molar-refractivity contribution < 1.29 is 5.11 Å². The van der Waals surface area contributed by atoms with Crippen LogP contribution in [0.15, 0.2) is 54.6 Å². The number of fused-ring (bicyclic) bond motifs is 1. The molecule has 1 unspecified atom stereocenters. The highest BCUT2D eigenvalue weighted by Gasteiger charge is 2.12. The fraction of sp³-hybridized carbons (Fsp3) is 0.167. The van der Waals surface area contributed by atoms with E-state index in [9.17, 15) is 5.11 Å². The van der Waals surface area contributed by atoms with Crippen LogP contribution in [0.1, 0.15) is 22.9 Å². The molecule has 3 aromatic rings. The summed E-state index contributed by atoms with van der Waals surface area (Å²) in [6.07, 6.45) is -0.0799. The molecule has 0 aliphatic heterocycles. The molecule has 0 saturated heterocycles. The summed E-state index contributed by atoms with van der Waals surface area (Å²) in [5.41, 5.74) is 3.73. The van der Waals surface area contributed by atoms with Crippen molar-refractivity contribution >= 4 is 22.5 Å². The van der Waals surface area contributed by atoms with Crippen LogP contribution < -0.4 is 0 Å². The minimum absolute atomic E-state index is 0.493. The molecule has 3 heteroatoms. The molecule has 0 amide bonds. The van der Waals surface area contributed by atoms with Gasteiger partial charge in [0.1, 0.15) is 0 Å². The lowest BCUT2D eigenvalue weighted by atomic mass is 9.99. The molecular formula is C18H16ClNO. The lowest BCUT2D eigenvalue weighted by Crippen LogP contribution is -2.05. The summed E-state index contributed by atoms with van der Waals surface area (Å²) in [6.45, 7) is 1.96. The van der Waals surface area contributed by atoms with Crippen molar-refractivity contribution in [2.45, 2.75) is 19.4 Å². The molecule has 0 spiro atoms. The third-order valence-electron chi connectivity index (χ3n) is 3.65. The van der Waals surface area contributed by atoms with Gasteiger partial charge in [0.25, 0.3) is 0 Å². The van der Waals surface area contributed by atoms with Crippen LogP contribution >= 0.6 is 11.6 Å². The summed E-state index contributed by atoms with van der Waals surface area (Å²) in [4.78, 5) is 4.60. The van der Waals surface area contributed by atoms with E-state index < -0.39 is 6.10 Å². The van der Waals surface area contributed by atoms with Crippen molar-refractivity contribution in [3.05, 3.63) is 76.4 Å². The van der Waals surface area contributed by atoms with E-state index in [-0.39, 0.29) is 0 Å². The highest BCUT2D eigenvalue weighted by Crippen LogP contribution is 2.24. The first-order valence-corrected chi connectivity index (χ1v) is 7.30. The number of benzene rings is 2. The SMILES string of the molecule is Cc1cc(Cl)ccc1C(O)Cc1ccc2ccccc2n1. The number of hydrogen-bond donors (Lipinski definition) is 1. The second-order valence-corrected chi connectivity index (χ2v) is 5.65. The molecule has 1 aromatic heterocycles.